The first-order valence-electron chi connectivity index (χ1n) is 6.18. The zero-order chi connectivity index (χ0) is 15.8. The van der Waals surface area contributed by atoms with Gasteiger partial charge in [0, 0.05) is 11.5 Å². The first kappa shape index (κ1) is 18.4. The SMILES string of the molecule is CC.CNC.O=S(=O)(O)c1cc(O)c2ccccc2c1. The van der Waals surface area contributed by atoms with Gasteiger partial charge >= 0.3 is 0 Å². The molecule has 20 heavy (non-hydrogen) atoms. The van der Waals surface area contributed by atoms with Gasteiger partial charge in [-0.3, -0.25) is 4.55 Å². The van der Waals surface area contributed by atoms with Crippen molar-refractivity contribution in [2.24, 2.45) is 0 Å². The molecule has 0 aliphatic heterocycles. The summed E-state index contributed by atoms with van der Waals surface area (Å²) in [5.74, 6) is -0.166. The van der Waals surface area contributed by atoms with Gasteiger partial charge in [0.05, 0.1) is 4.90 Å². The van der Waals surface area contributed by atoms with E-state index >= 15 is 0 Å². The molecule has 2 aromatic carbocycles. The van der Waals surface area contributed by atoms with E-state index in [1.165, 1.54) is 6.07 Å². The Morgan fingerprint density at radius 1 is 1.05 bits per heavy atom. The van der Waals surface area contributed by atoms with Crippen LogP contribution in [0, 0.1) is 0 Å². The van der Waals surface area contributed by atoms with E-state index in [0.29, 0.717) is 10.8 Å². The standard InChI is InChI=1S/C10H8O4S.C2H7N.C2H6/c11-10-6-8(15(12,13)14)5-7-3-1-2-4-9(7)10;1-3-2;1-2/h1-6,11H,(H,12,13,14);3H,1-2H3;1-2H3. The van der Waals surface area contributed by atoms with Crippen molar-refractivity contribution >= 4 is 20.9 Å². The van der Waals surface area contributed by atoms with E-state index in [9.17, 15) is 13.5 Å². The molecule has 0 aliphatic rings. The predicted molar refractivity (Wildman–Crippen MR) is 81.8 cm³/mol. The van der Waals surface area contributed by atoms with Crippen molar-refractivity contribution in [3.63, 3.8) is 0 Å². The van der Waals surface area contributed by atoms with Gasteiger partial charge in [0.15, 0.2) is 0 Å². The molecule has 0 aliphatic carbocycles. The van der Waals surface area contributed by atoms with Gasteiger partial charge in [0.1, 0.15) is 5.75 Å². The lowest BCUT2D eigenvalue weighted by atomic mass is 10.1. The number of rotatable bonds is 1. The quantitative estimate of drug-likeness (QED) is 0.705. The van der Waals surface area contributed by atoms with E-state index in [-0.39, 0.29) is 10.6 Å². The zero-order valence-electron chi connectivity index (χ0n) is 12.1. The number of fused-ring (bicyclic) bond motifs is 1. The van der Waals surface area contributed by atoms with Crippen LogP contribution in [-0.4, -0.2) is 32.2 Å². The van der Waals surface area contributed by atoms with Crippen molar-refractivity contribution in [3.05, 3.63) is 36.4 Å². The maximum atomic E-state index is 10.9. The predicted octanol–water partition coefficient (Wildman–Crippen LogP) is 2.65. The highest BCUT2D eigenvalue weighted by Crippen LogP contribution is 2.28. The molecule has 0 heterocycles. The number of nitrogens with one attached hydrogen (secondary N) is 1. The summed E-state index contributed by atoms with van der Waals surface area (Å²) in [5.41, 5.74) is 0. The van der Waals surface area contributed by atoms with E-state index in [2.05, 4.69) is 5.32 Å². The van der Waals surface area contributed by atoms with E-state index in [4.69, 9.17) is 4.55 Å². The van der Waals surface area contributed by atoms with Gasteiger partial charge in [-0.1, -0.05) is 38.1 Å². The molecule has 0 atom stereocenters. The Hall–Kier alpha value is -1.63. The Balaban J connectivity index is 0.000000641. The number of hydrogen-bond acceptors (Lipinski definition) is 4. The van der Waals surface area contributed by atoms with Crippen molar-refractivity contribution < 1.29 is 18.1 Å². The molecule has 5 nitrogen and oxygen atoms in total. The molecule has 0 saturated heterocycles. The van der Waals surface area contributed by atoms with Gasteiger partial charge in [-0.25, -0.2) is 0 Å². The number of benzene rings is 2. The Morgan fingerprint density at radius 2 is 1.55 bits per heavy atom. The highest BCUT2D eigenvalue weighted by Gasteiger charge is 2.12. The van der Waals surface area contributed by atoms with Crippen molar-refractivity contribution in [3.8, 4) is 5.75 Å². The minimum absolute atomic E-state index is 0.166. The largest absolute Gasteiger partial charge is 0.507 e. The molecule has 2 rings (SSSR count). The maximum Gasteiger partial charge on any atom is 0.294 e. The molecule has 3 N–H and O–H groups in total. The third kappa shape index (κ3) is 5.16. The minimum atomic E-state index is -4.28. The van der Waals surface area contributed by atoms with Crippen LogP contribution in [0.2, 0.25) is 0 Å². The molecule has 0 spiro atoms. The van der Waals surface area contributed by atoms with Crippen LogP contribution in [0.1, 0.15) is 13.8 Å². The lowest BCUT2D eigenvalue weighted by molar-refractivity contribution is 0.471. The normalized spacial score (nSPS) is 10.1. The van der Waals surface area contributed by atoms with Crippen LogP contribution in [0.5, 0.6) is 5.75 Å². The number of aromatic hydroxyl groups is 1. The van der Waals surface area contributed by atoms with E-state index in [1.807, 2.05) is 27.9 Å². The summed E-state index contributed by atoms with van der Waals surface area (Å²) in [4.78, 5) is -0.307. The summed E-state index contributed by atoms with van der Waals surface area (Å²) >= 11 is 0. The highest BCUT2D eigenvalue weighted by molar-refractivity contribution is 7.85. The molecule has 112 valence electrons. The van der Waals surface area contributed by atoms with Crippen LogP contribution in [0.3, 0.4) is 0 Å². The first-order valence-corrected chi connectivity index (χ1v) is 7.62. The van der Waals surface area contributed by atoms with Gasteiger partial charge in [0.2, 0.25) is 0 Å². The second kappa shape index (κ2) is 8.52. The van der Waals surface area contributed by atoms with Crippen molar-refractivity contribution in [1.29, 1.82) is 0 Å². The van der Waals surface area contributed by atoms with Gasteiger partial charge in [-0.15, -0.1) is 0 Å². The molecular formula is C14H21NO4S. The molecule has 6 heteroatoms. The Bertz CT molecular complexity index is 639. The summed E-state index contributed by atoms with van der Waals surface area (Å²) in [7, 11) is -0.527. The summed E-state index contributed by atoms with van der Waals surface area (Å²) in [6, 6.07) is 9.11. The summed E-state index contributed by atoms with van der Waals surface area (Å²) in [6.45, 7) is 4.00. The average Bonchev–Trinajstić information content (AvgIpc) is 2.41. The first-order chi connectivity index (χ1) is 9.40. The monoisotopic (exact) mass is 299 g/mol. The van der Waals surface area contributed by atoms with Gasteiger partial charge in [-0.2, -0.15) is 8.42 Å². The Morgan fingerprint density at radius 3 is 2.05 bits per heavy atom. The van der Waals surface area contributed by atoms with E-state index < -0.39 is 10.1 Å². The highest BCUT2D eigenvalue weighted by atomic mass is 32.2. The average molecular weight is 299 g/mol. The van der Waals surface area contributed by atoms with Gasteiger partial charge in [0.25, 0.3) is 10.1 Å². The smallest absolute Gasteiger partial charge is 0.294 e. The lowest BCUT2D eigenvalue weighted by Gasteiger charge is -2.03. The molecule has 0 fully saturated rings. The second-order valence-electron chi connectivity index (χ2n) is 3.64. The van der Waals surface area contributed by atoms with E-state index in [1.54, 1.807) is 24.3 Å². The molecule has 0 saturated carbocycles. The van der Waals surface area contributed by atoms with Crippen LogP contribution in [0.4, 0.5) is 0 Å². The van der Waals surface area contributed by atoms with Crippen molar-refractivity contribution in [2.75, 3.05) is 14.1 Å². The molecule has 0 bridgehead atoms. The molecule has 0 aromatic heterocycles. The molecule has 0 unspecified atom stereocenters. The van der Waals surface area contributed by atoms with Crippen LogP contribution >= 0.6 is 0 Å². The molecular weight excluding hydrogens is 278 g/mol. The minimum Gasteiger partial charge on any atom is -0.507 e. The summed E-state index contributed by atoms with van der Waals surface area (Å²) in [6.07, 6.45) is 0. The zero-order valence-corrected chi connectivity index (χ0v) is 12.9. The van der Waals surface area contributed by atoms with Gasteiger partial charge in [-0.05, 0) is 25.5 Å². The Labute approximate surface area is 120 Å². The number of phenolic OH excluding ortho intramolecular Hbond substituents is 1. The third-order valence-corrected chi connectivity index (χ3v) is 2.94. The van der Waals surface area contributed by atoms with Crippen LogP contribution < -0.4 is 5.32 Å². The fourth-order valence-electron chi connectivity index (χ4n) is 1.41. The second-order valence-corrected chi connectivity index (χ2v) is 5.06. The third-order valence-electron chi connectivity index (χ3n) is 2.11. The Kier molecular flexibility index (Phi) is 7.83. The summed E-state index contributed by atoms with van der Waals surface area (Å²) in [5, 5.41) is 13.4. The number of hydrogen-bond donors (Lipinski definition) is 3. The van der Waals surface area contributed by atoms with Crippen LogP contribution in [0.15, 0.2) is 41.3 Å². The topological polar surface area (TPSA) is 86.6 Å². The fourth-order valence-corrected chi connectivity index (χ4v) is 1.95. The lowest BCUT2D eigenvalue weighted by Crippen LogP contribution is -1.97. The fraction of sp³-hybridized carbons (Fsp3) is 0.286. The van der Waals surface area contributed by atoms with E-state index in [0.717, 1.165) is 6.07 Å². The van der Waals surface area contributed by atoms with Crippen molar-refractivity contribution in [1.82, 2.24) is 5.32 Å². The molecule has 0 radical (unpaired) electrons. The maximum absolute atomic E-state index is 10.9. The van der Waals surface area contributed by atoms with Crippen LogP contribution in [0.25, 0.3) is 10.8 Å². The van der Waals surface area contributed by atoms with Gasteiger partial charge < -0.3 is 10.4 Å². The van der Waals surface area contributed by atoms with Crippen molar-refractivity contribution in [2.45, 2.75) is 18.7 Å². The van der Waals surface area contributed by atoms with Crippen LogP contribution in [-0.2, 0) is 10.1 Å². The molecule has 2 aromatic rings. The molecule has 0 amide bonds. The number of phenols is 1. The summed E-state index contributed by atoms with van der Waals surface area (Å²) < 4.78 is 30.6.